The molecule has 0 aliphatic rings. The Kier molecular flexibility index (Phi) is 4.99. The van der Waals surface area contributed by atoms with Crippen molar-refractivity contribution >= 4 is 17.7 Å². The summed E-state index contributed by atoms with van der Waals surface area (Å²) < 4.78 is 1.43. The number of hydrogen-bond donors (Lipinski definition) is 2. The number of nitrogens with two attached hydrogens (primary N) is 1. The molecule has 6 nitrogen and oxygen atoms in total. The Morgan fingerprint density at radius 2 is 1.87 bits per heavy atom. The summed E-state index contributed by atoms with van der Waals surface area (Å²) in [4.78, 5) is 12.2. The van der Waals surface area contributed by atoms with Crippen molar-refractivity contribution in [1.29, 1.82) is 0 Å². The molecule has 0 unspecified atom stereocenters. The van der Waals surface area contributed by atoms with E-state index in [1.807, 2.05) is 58.9 Å². The molecule has 1 heterocycles. The molecular weight excluding hydrogens is 310 g/mol. The van der Waals surface area contributed by atoms with Crippen molar-refractivity contribution in [1.82, 2.24) is 20.2 Å². The quantitative estimate of drug-likeness (QED) is 0.663. The lowest BCUT2D eigenvalue weighted by Gasteiger charge is -2.22. The Morgan fingerprint density at radius 1 is 1.26 bits per heavy atom. The zero-order valence-electron chi connectivity index (χ0n) is 14.1. The van der Waals surface area contributed by atoms with Crippen LogP contribution < -0.4 is 11.2 Å². The molecule has 0 fully saturated rings. The SMILES string of the molecule is Cc1ccc(-c2nnc(S[C@@H](C)C(=O)NC(C)(C)C)n2N)cc1. The zero-order valence-corrected chi connectivity index (χ0v) is 14.9. The van der Waals surface area contributed by atoms with Crippen LogP contribution in [0.1, 0.15) is 33.3 Å². The smallest absolute Gasteiger partial charge is 0.233 e. The minimum Gasteiger partial charge on any atom is -0.351 e. The number of thioether (sulfide) groups is 1. The third kappa shape index (κ3) is 4.48. The maximum atomic E-state index is 12.2. The summed E-state index contributed by atoms with van der Waals surface area (Å²) in [7, 11) is 0. The van der Waals surface area contributed by atoms with Gasteiger partial charge in [0.1, 0.15) is 0 Å². The van der Waals surface area contributed by atoms with Crippen LogP contribution in [0.3, 0.4) is 0 Å². The Morgan fingerprint density at radius 3 is 2.43 bits per heavy atom. The second kappa shape index (κ2) is 6.62. The summed E-state index contributed by atoms with van der Waals surface area (Å²) in [6.07, 6.45) is 0. The van der Waals surface area contributed by atoms with Gasteiger partial charge < -0.3 is 11.2 Å². The van der Waals surface area contributed by atoms with E-state index in [1.54, 1.807) is 0 Å². The van der Waals surface area contributed by atoms with Crippen LogP contribution in [-0.2, 0) is 4.79 Å². The van der Waals surface area contributed by atoms with E-state index in [4.69, 9.17) is 5.84 Å². The second-order valence-electron chi connectivity index (χ2n) is 6.54. The van der Waals surface area contributed by atoms with Crippen LogP contribution >= 0.6 is 11.8 Å². The van der Waals surface area contributed by atoms with Crippen LogP contribution in [0.4, 0.5) is 0 Å². The van der Waals surface area contributed by atoms with Crippen molar-refractivity contribution in [2.75, 3.05) is 5.84 Å². The number of amides is 1. The number of carbonyl (C=O) groups is 1. The van der Waals surface area contributed by atoms with Gasteiger partial charge in [-0.05, 0) is 34.6 Å². The average Bonchev–Trinajstić information content (AvgIpc) is 2.79. The van der Waals surface area contributed by atoms with Gasteiger partial charge in [0.25, 0.3) is 0 Å². The number of nitrogens with zero attached hydrogens (tertiary/aromatic N) is 3. The van der Waals surface area contributed by atoms with E-state index in [0.29, 0.717) is 11.0 Å². The van der Waals surface area contributed by atoms with Crippen LogP contribution in [-0.4, -0.2) is 31.6 Å². The van der Waals surface area contributed by atoms with E-state index in [1.165, 1.54) is 22.0 Å². The van der Waals surface area contributed by atoms with Gasteiger partial charge >= 0.3 is 0 Å². The molecule has 1 amide bonds. The minimum atomic E-state index is -0.313. The van der Waals surface area contributed by atoms with Gasteiger partial charge in [-0.1, -0.05) is 41.6 Å². The number of nitrogens with one attached hydrogen (secondary N) is 1. The minimum absolute atomic E-state index is 0.0533. The Hall–Kier alpha value is -2.02. The lowest BCUT2D eigenvalue weighted by atomic mass is 10.1. The summed E-state index contributed by atoms with van der Waals surface area (Å²) in [6, 6.07) is 7.90. The lowest BCUT2D eigenvalue weighted by Crippen LogP contribution is -2.44. The fourth-order valence-electron chi connectivity index (χ4n) is 1.94. The van der Waals surface area contributed by atoms with Crippen LogP contribution in [0, 0.1) is 6.92 Å². The van der Waals surface area contributed by atoms with Crippen molar-refractivity contribution in [3.63, 3.8) is 0 Å². The third-order valence-corrected chi connectivity index (χ3v) is 4.18. The van der Waals surface area contributed by atoms with Gasteiger partial charge in [0, 0.05) is 11.1 Å². The van der Waals surface area contributed by atoms with Crippen molar-refractivity contribution in [2.45, 2.75) is 50.6 Å². The largest absolute Gasteiger partial charge is 0.351 e. The zero-order chi connectivity index (χ0) is 17.2. The standard InChI is InChI=1S/C16H23N5OS/c1-10-6-8-12(9-7-10)13-19-20-15(21(13)17)23-11(2)14(22)18-16(3,4)5/h6-9,11H,17H2,1-5H3,(H,18,22)/t11-/m0/s1. The van der Waals surface area contributed by atoms with E-state index in [-0.39, 0.29) is 16.7 Å². The number of aryl methyl sites for hydroxylation is 1. The molecule has 0 radical (unpaired) electrons. The highest BCUT2D eigenvalue weighted by Crippen LogP contribution is 2.25. The predicted octanol–water partition coefficient (Wildman–Crippen LogP) is 2.36. The van der Waals surface area contributed by atoms with Crippen LogP contribution in [0.5, 0.6) is 0 Å². The number of carbonyl (C=O) groups excluding carboxylic acids is 1. The molecule has 0 aliphatic carbocycles. The number of hydrogen-bond acceptors (Lipinski definition) is 5. The summed E-state index contributed by atoms with van der Waals surface area (Å²) >= 11 is 1.29. The molecule has 3 N–H and O–H groups in total. The molecule has 0 bridgehead atoms. The molecule has 0 saturated heterocycles. The van der Waals surface area contributed by atoms with Gasteiger partial charge in [-0.25, -0.2) is 4.68 Å². The topological polar surface area (TPSA) is 85.8 Å². The summed E-state index contributed by atoms with van der Waals surface area (Å²) in [6.45, 7) is 9.69. The molecular formula is C16H23N5OS. The molecule has 2 rings (SSSR count). The van der Waals surface area contributed by atoms with Crippen LogP contribution in [0.2, 0.25) is 0 Å². The highest BCUT2D eigenvalue weighted by Gasteiger charge is 2.23. The molecule has 23 heavy (non-hydrogen) atoms. The normalized spacial score (nSPS) is 12.9. The first-order valence-corrected chi connectivity index (χ1v) is 8.31. The molecule has 1 atom stereocenters. The number of rotatable bonds is 4. The molecule has 0 spiro atoms. The molecule has 0 saturated carbocycles. The molecule has 0 aliphatic heterocycles. The fourth-order valence-corrected chi connectivity index (χ4v) is 2.71. The fraction of sp³-hybridized carbons (Fsp3) is 0.438. The molecule has 1 aromatic heterocycles. The van der Waals surface area contributed by atoms with Crippen molar-refractivity contribution in [3.05, 3.63) is 29.8 Å². The van der Waals surface area contributed by atoms with Gasteiger partial charge in [0.15, 0.2) is 5.82 Å². The maximum Gasteiger partial charge on any atom is 0.233 e. The first-order chi connectivity index (χ1) is 10.7. The van der Waals surface area contributed by atoms with Crippen LogP contribution in [0.25, 0.3) is 11.4 Å². The summed E-state index contributed by atoms with van der Waals surface area (Å²) in [5, 5.41) is 11.4. The Bertz CT molecular complexity index is 687. The predicted molar refractivity (Wildman–Crippen MR) is 93.6 cm³/mol. The van der Waals surface area contributed by atoms with Crippen molar-refractivity contribution in [3.8, 4) is 11.4 Å². The van der Waals surface area contributed by atoms with Gasteiger partial charge in [-0.3, -0.25) is 4.79 Å². The van der Waals surface area contributed by atoms with E-state index >= 15 is 0 Å². The maximum absolute atomic E-state index is 12.2. The lowest BCUT2D eigenvalue weighted by molar-refractivity contribution is -0.121. The number of aromatic nitrogens is 3. The van der Waals surface area contributed by atoms with Crippen molar-refractivity contribution < 1.29 is 4.79 Å². The molecule has 124 valence electrons. The van der Waals surface area contributed by atoms with Gasteiger partial charge in [0.05, 0.1) is 5.25 Å². The molecule has 1 aromatic carbocycles. The van der Waals surface area contributed by atoms with E-state index < -0.39 is 0 Å². The summed E-state index contributed by atoms with van der Waals surface area (Å²) in [5.74, 6) is 6.61. The van der Waals surface area contributed by atoms with E-state index in [2.05, 4.69) is 15.5 Å². The first-order valence-electron chi connectivity index (χ1n) is 7.43. The average molecular weight is 333 g/mol. The van der Waals surface area contributed by atoms with Crippen LogP contribution in [0.15, 0.2) is 29.4 Å². The Balaban J connectivity index is 2.13. The Labute approximate surface area is 140 Å². The molecule has 2 aromatic rings. The second-order valence-corrected chi connectivity index (χ2v) is 7.85. The first kappa shape index (κ1) is 17.3. The van der Waals surface area contributed by atoms with Gasteiger partial charge in [-0.2, -0.15) is 0 Å². The summed E-state index contributed by atoms with van der Waals surface area (Å²) in [5.41, 5.74) is 1.79. The number of nitrogen functional groups attached to an aromatic ring is 1. The highest BCUT2D eigenvalue weighted by atomic mass is 32.2. The van der Waals surface area contributed by atoms with Crippen molar-refractivity contribution in [2.24, 2.45) is 0 Å². The van der Waals surface area contributed by atoms with Gasteiger partial charge in [-0.15, -0.1) is 10.2 Å². The van der Waals surface area contributed by atoms with E-state index in [9.17, 15) is 4.79 Å². The van der Waals surface area contributed by atoms with Gasteiger partial charge in [0.2, 0.25) is 11.1 Å². The highest BCUT2D eigenvalue weighted by molar-refractivity contribution is 8.00. The van der Waals surface area contributed by atoms with E-state index in [0.717, 1.165) is 5.56 Å². The molecule has 7 heteroatoms. The number of benzene rings is 1. The monoisotopic (exact) mass is 333 g/mol. The third-order valence-electron chi connectivity index (χ3n) is 3.12.